The standard InChI is InChI=1S/C14H13N3O2/c1-16-10(6-8-15-16)7-9-17-12-5-3-2-4-11(12)13(18)14(17)19/h2-6,8H,7,9H2,1H3. The van der Waals surface area contributed by atoms with Gasteiger partial charge in [-0.15, -0.1) is 0 Å². The zero-order chi connectivity index (χ0) is 13.4. The molecule has 0 spiro atoms. The summed E-state index contributed by atoms with van der Waals surface area (Å²) < 4.78 is 1.77. The number of carbonyl (C=O) groups is 2. The van der Waals surface area contributed by atoms with Crippen LogP contribution < -0.4 is 4.90 Å². The normalized spacial score (nSPS) is 14.1. The lowest BCUT2D eigenvalue weighted by Gasteiger charge is -2.16. The summed E-state index contributed by atoms with van der Waals surface area (Å²) in [5.74, 6) is -0.857. The first-order valence-corrected chi connectivity index (χ1v) is 6.10. The van der Waals surface area contributed by atoms with Crippen LogP contribution in [-0.2, 0) is 18.3 Å². The van der Waals surface area contributed by atoms with Crippen LogP contribution in [0.5, 0.6) is 0 Å². The van der Waals surface area contributed by atoms with Crippen molar-refractivity contribution in [2.24, 2.45) is 7.05 Å². The molecule has 0 saturated heterocycles. The average molecular weight is 255 g/mol. The second kappa shape index (κ2) is 4.35. The smallest absolute Gasteiger partial charge is 0.299 e. The number of Topliss-reactive ketones (excluding diaryl/α,β-unsaturated/α-hetero) is 1. The summed E-state index contributed by atoms with van der Waals surface area (Å²) >= 11 is 0. The quantitative estimate of drug-likeness (QED) is 0.774. The Hall–Kier alpha value is -2.43. The summed E-state index contributed by atoms with van der Waals surface area (Å²) in [7, 11) is 1.86. The number of hydrogen-bond donors (Lipinski definition) is 0. The molecule has 1 aliphatic heterocycles. The molecule has 0 N–H and O–H groups in total. The van der Waals surface area contributed by atoms with Crippen molar-refractivity contribution in [2.45, 2.75) is 6.42 Å². The molecule has 2 heterocycles. The third-order valence-corrected chi connectivity index (χ3v) is 3.39. The summed E-state index contributed by atoms with van der Waals surface area (Å²) in [6.45, 7) is 0.487. The third-order valence-electron chi connectivity index (χ3n) is 3.39. The molecule has 2 aromatic rings. The molecule has 0 saturated carbocycles. The number of carbonyl (C=O) groups excluding carboxylic acids is 2. The molecule has 3 rings (SSSR count). The molecule has 1 aliphatic rings. The van der Waals surface area contributed by atoms with E-state index in [0.717, 1.165) is 5.69 Å². The molecule has 0 aliphatic carbocycles. The summed E-state index contributed by atoms with van der Waals surface area (Å²) in [6.07, 6.45) is 2.39. The van der Waals surface area contributed by atoms with Gasteiger partial charge in [-0.05, 0) is 18.2 Å². The Morgan fingerprint density at radius 2 is 1.95 bits per heavy atom. The van der Waals surface area contributed by atoms with E-state index in [0.29, 0.717) is 24.2 Å². The van der Waals surface area contributed by atoms with Crippen LogP contribution in [0.1, 0.15) is 16.1 Å². The second-order valence-electron chi connectivity index (χ2n) is 4.50. The number of para-hydroxylation sites is 1. The van der Waals surface area contributed by atoms with E-state index in [1.807, 2.05) is 19.2 Å². The highest BCUT2D eigenvalue weighted by Gasteiger charge is 2.34. The Morgan fingerprint density at radius 3 is 2.68 bits per heavy atom. The average Bonchev–Trinajstić information content (AvgIpc) is 2.93. The highest BCUT2D eigenvalue weighted by atomic mass is 16.2. The minimum atomic E-state index is -0.441. The van der Waals surface area contributed by atoms with Gasteiger partial charge in [-0.2, -0.15) is 5.10 Å². The lowest BCUT2D eigenvalue weighted by atomic mass is 10.1. The van der Waals surface area contributed by atoms with Crippen molar-refractivity contribution in [1.29, 1.82) is 0 Å². The fourth-order valence-electron chi connectivity index (χ4n) is 2.34. The molecular formula is C14H13N3O2. The van der Waals surface area contributed by atoms with Crippen molar-refractivity contribution in [3.63, 3.8) is 0 Å². The van der Waals surface area contributed by atoms with Gasteiger partial charge in [-0.25, -0.2) is 0 Å². The summed E-state index contributed by atoms with van der Waals surface area (Å²) in [4.78, 5) is 25.3. The maximum Gasteiger partial charge on any atom is 0.299 e. The van der Waals surface area contributed by atoms with Gasteiger partial charge in [-0.1, -0.05) is 12.1 Å². The summed E-state index contributed by atoms with van der Waals surface area (Å²) in [6, 6.07) is 9.02. The number of hydrogen-bond acceptors (Lipinski definition) is 3. The Kier molecular flexibility index (Phi) is 2.67. The summed E-state index contributed by atoms with van der Waals surface area (Å²) in [5, 5.41) is 4.09. The van der Waals surface area contributed by atoms with E-state index in [2.05, 4.69) is 5.10 Å². The highest BCUT2D eigenvalue weighted by molar-refractivity contribution is 6.52. The number of amides is 1. The van der Waals surface area contributed by atoms with Crippen LogP contribution >= 0.6 is 0 Å². The van der Waals surface area contributed by atoms with Crippen molar-refractivity contribution < 1.29 is 9.59 Å². The Balaban J connectivity index is 1.84. The third kappa shape index (κ3) is 1.83. The molecule has 5 nitrogen and oxygen atoms in total. The monoisotopic (exact) mass is 255 g/mol. The lowest BCUT2D eigenvalue weighted by Crippen LogP contribution is -2.32. The number of benzene rings is 1. The van der Waals surface area contributed by atoms with Crippen LogP contribution in [0.15, 0.2) is 36.5 Å². The molecule has 0 radical (unpaired) electrons. The predicted molar refractivity (Wildman–Crippen MR) is 70.0 cm³/mol. The molecule has 96 valence electrons. The Bertz CT molecular complexity index is 660. The van der Waals surface area contributed by atoms with Gasteiger partial charge in [0.25, 0.3) is 11.7 Å². The number of rotatable bonds is 3. The van der Waals surface area contributed by atoms with E-state index in [-0.39, 0.29) is 0 Å². The Labute approximate surface area is 110 Å². The molecule has 19 heavy (non-hydrogen) atoms. The SMILES string of the molecule is Cn1nccc1CCN1C(=O)C(=O)c2ccccc21. The number of aromatic nitrogens is 2. The molecule has 1 aromatic heterocycles. The number of nitrogens with zero attached hydrogens (tertiary/aromatic N) is 3. The molecule has 0 unspecified atom stereocenters. The fourth-order valence-corrected chi connectivity index (χ4v) is 2.34. The molecule has 5 heteroatoms. The van der Waals surface area contributed by atoms with Gasteiger partial charge in [0.05, 0.1) is 11.3 Å². The van der Waals surface area contributed by atoms with Crippen molar-refractivity contribution >= 4 is 17.4 Å². The van der Waals surface area contributed by atoms with Crippen LogP contribution in [0.4, 0.5) is 5.69 Å². The van der Waals surface area contributed by atoms with Crippen LogP contribution in [0.2, 0.25) is 0 Å². The number of anilines is 1. The molecule has 0 atom stereocenters. The molecule has 1 aromatic carbocycles. The van der Waals surface area contributed by atoms with E-state index in [4.69, 9.17) is 0 Å². The van der Waals surface area contributed by atoms with E-state index >= 15 is 0 Å². The van der Waals surface area contributed by atoms with E-state index in [1.54, 1.807) is 34.0 Å². The number of aryl methyl sites for hydroxylation is 1. The molecule has 1 amide bonds. The van der Waals surface area contributed by atoms with E-state index in [1.165, 1.54) is 0 Å². The maximum absolute atomic E-state index is 12.0. The minimum absolute atomic E-state index is 0.416. The van der Waals surface area contributed by atoms with Crippen LogP contribution in [0.25, 0.3) is 0 Å². The zero-order valence-electron chi connectivity index (χ0n) is 10.5. The van der Waals surface area contributed by atoms with Crippen LogP contribution in [0, 0.1) is 0 Å². The molecule has 0 bridgehead atoms. The van der Waals surface area contributed by atoms with Gasteiger partial charge >= 0.3 is 0 Å². The second-order valence-corrected chi connectivity index (χ2v) is 4.50. The van der Waals surface area contributed by atoms with Crippen molar-refractivity contribution in [2.75, 3.05) is 11.4 Å². The highest BCUT2D eigenvalue weighted by Crippen LogP contribution is 2.28. The van der Waals surface area contributed by atoms with Gasteiger partial charge in [-0.3, -0.25) is 14.3 Å². The lowest BCUT2D eigenvalue weighted by molar-refractivity contribution is -0.114. The van der Waals surface area contributed by atoms with Crippen LogP contribution in [0.3, 0.4) is 0 Å². The first-order valence-electron chi connectivity index (χ1n) is 6.10. The zero-order valence-corrected chi connectivity index (χ0v) is 10.5. The molecular weight excluding hydrogens is 242 g/mol. The topological polar surface area (TPSA) is 55.2 Å². The Morgan fingerprint density at radius 1 is 1.16 bits per heavy atom. The fraction of sp³-hybridized carbons (Fsp3) is 0.214. The van der Waals surface area contributed by atoms with Crippen LogP contribution in [-0.4, -0.2) is 28.0 Å². The van der Waals surface area contributed by atoms with Crippen molar-refractivity contribution in [1.82, 2.24) is 9.78 Å². The van der Waals surface area contributed by atoms with Gasteiger partial charge in [0.15, 0.2) is 0 Å². The number of ketones is 1. The van der Waals surface area contributed by atoms with Gasteiger partial charge in [0, 0.05) is 31.9 Å². The minimum Gasteiger partial charge on any atom is -0.304 e. The van der Waals surface area contributed by atoms with Gasteiger partial charge < -0.3 is 4.90 Å². The first-order chi connectivity index (χ1) is 9.18. The largest absolute Gasteiger partial charge is 0.304 e. The van der Waals surface area contributed by atoms with Gasteiger partial charge in [0.1, 0.15) is 0 Å². The maximum atomic E-state index is 12.0. The predicted octanol–water partition coefficient (Wildman–Crippen LogP) is 1.19. The first kappa shape index (κ1) is 11.6. The van der Waals surface area contributed by atoms with E-state index in [9.17, 15) is 9.59 Å². The van der Waals surface area contributed by atoms with E-state index < -0.39 is 11.7 Å². The van der Waals surface area contributed by atoms with Gasteiger partial charge in [0.2, 0.25) is 0 Å². The van der Waals surface area contributed by atoms with Crippen molar-refractivity contribution in [3.8, 4) is 0 Å². The van der Waals surface area contributed by atoms with Crippen molar-refractivity contribution in [3.05, 3.63) is 47.8 Å². The molecule has 0 fully saturated rings. The summed E-state index contributed by atoms with van der Waals surface area (Å²) in [5.41, 5.74) is 2.24. The number of fused-ring (bicyclic) bond motifs is 1.